The first kappa shape index (κ1) is 19.7. The summed E-state index contributed by atoms with van der Waals surface area (Å²) in [5.74, 6) is -1.29. The van der Waals surface area contributed by atoms with E-state index in [9.17, 15) is 14.7 Å². The van der Waals surface area contributed by atoms with Crippen molar-refractivity contribution in [3.05, 3.63) is 57.6 Å². The Bertz CT molecular complexity index is 1060. The first-order chi connectivity index (χ1) is 13.3. The van der Waals surface area contributed by atoms with Crippen molar-refractivity contribution in [2.45, 2.75) is 6.92 Å². The van der Waals surface area contributed by atoms with Gasteiger partial charge in [0.05, 0.1) is 27.6 Å². The van der Waals surface area contributed by atoms with E-state index in [2.05, 4.69) is 25.6 Å². The Balaban J connectivity index is 1.82. The van der Waals surface area contributed by atoms with Gasteiger partial charge in [-0.1, -0.05) is 23.2 Å². The Morgan fingerprint density at radius 1 is 1.14 bits per heavy atom. The van der Waals surface area contributed by atoms with Crippen molar-refractivity contribution in [3.63, 3.8) is 0 Å². The van der Waals surface area contributed by atoms with Crippen molar-refractivity contribution in [2.75, 3.05) is 17.7 Å². The highest BCUT2D eigenvalue weighted by atomic mass is 35.5. The second kappa shape index (κ2) is 7.87. The third-order valence-electron chi connectivity index (χ3n) is 3.95. The number of carbonyl (C=O) groups is 2. The molecule has 0 spiro atoms. The molecule has 0 aliphatic heterocycles. The number of H-pyrrole nitrogens is 1. The van der Waals surface area contributed by atoms with Gasteiger partial charge in [-0.15, -0.1) is 0 Å². The molecule has 8 nitrogen and oxygen atoms in total. The number of nitrogens with one attached hydrogen (secondary N) is 3. The Morgan fingerprint density at radius 3 is 2.43 bits per heavy atom. The number of hydrogen-bond acceptors (Lipinski definition) is 5. The number of carboxylic acids is 1. The first-order valence-electron chi connectivity index (χ1n) is 8.04. The van der Waals surface area contributed by atoms with Crippen LogP contribution in [0.3, 0.4) is 0 Å². The van der Waals surface area contributed by atoms with Gasteiger partial charge in [0.2, 0.25) is 0 Å². The smallest absolute Gasteiger partial charge is 0.339 e. The fourth-order valence-electron chi connectivity index (χ4n) is 2.53. The normalized spacial score (nSPS) is 10.6. The van der Waals surface area contributed by atoms with Crippen molar-refractivity contribution in [2.24, 2.45) is 0 Å². The molecule has 0 saturated carbocycles. The largest absolute Gasteiger partial charge is 0.478 e. The summed E-state index contributed by atoms with van der Waals surface area (Å²) < 4.78 is 0. The van der Waals surface area contributed by atoms with Crippen LogP contribution < -0.4 is 10.6 Å². The molecule has 0 unspecified atom stereocenters. The Hall–Kier alpha value is -3.10. The van der Waals surface area contributed by atoms with Gasteiger partial charge in [-0.3, -0.25) is 9.78 Å². The number of rotatable bonds is 5. The van der Waals surface area contributed by atoms with E-state index in [1.807, 2.05) is 0 Å². The van der Waals surface area contributed by atoms with E-state index in [1.54, 1.807) is 26.1 Å². The maximum Gasteiger partial charge on any atom is 0.339 e. The molecule has 4 N–H and O–H groups in total. The lowest BCUT2D eigenvalue weighted by Gasteiger charge is -2.08. The minimum atomic E-state index is -1.10. The number of hydrogen-bond donors (Lipinski definition) is 4. The monoisotopic (exact) mass is 419 g/mol. The van der Waals surface area contributed by atoms with Gasteiger partial charge < -0.3 is 20.7 Å². The number of carboxylic acid groups (broad SMARTS) is 1. The third-order valence-corrected chi connectivity index (χ3v) is 4.90. The van der Waals surface area contributed by atoms with Crippen molar-refractivity contribution < 1.29 is 14.7 Å². The van der Waals surface area contributed by atoms with Gasteiger partial charge in [0, 0.05) is 24.5 Å². The zero-order chi connectivity index (χ0) is 20.4. The topological polar surface area (TPSA) is 120 Å². The quantitative estimate of drug-likeness (QED) is 0.494. The lowest BCUT2D eigenvalue weighted by molar-refractivity contribution is 0.0697. The summed E-state index contributed by atoms with van der Waals surface area (Å²) in [6, 6.07) is 4.76. The Kier molecular flexibility index (Phi) is 5.53. The fraction of sp³-hybridized carbons (Fsp3) is 0.111. The summed E-state index contributed by atoms with van der Waals surface area (Å²) in [5, 5.41) is 15.1. The molecule has 0 fully saturated rings. The van der Waals surface area contributed by atoms with E-state index in [1.165, 1.54) is 18.5 Å². The number of aryl methyl sites for hydroxylation is 1. The molecule has 3 heterocycles. The van der Waals surface area contributed by atoms with E-state index in [0.717, 1.165) is 0 Å². The molecule has 28 heavy (non-hydrogen) atoms. The molecule has 0 atom stereocenters. The Labute approximate surface area is 169 Å². The minimum absolute atomic E-state index is 0.0350. The SMILES string of the molecule is CNc1ncc(-c2ccc(NC(=O)c3[nH]c(C)c(Cl)c3Cl)cn2)cc1C(=O)O. The summed E-state index contributed by atoms with van der Waals surface area (Å²) in [6.07, 6.45) is 2.97. The summed E-state index contributed by atoms with van der Waals surface area (Å²) in [6.45, 7) is 1.71. The molecule has 0 aliphatic carbocycles. The standard InChI is InChI=1S/C18H15Cl2N5O3/c1-8-13(19)14(20)15(24-8)17(26)25-10-3-4-12(22-7-10)9-5-11(18(27)28)16(21-2)23-6-9/h3-7,24H,1-2H3,(H,21,23)(H,25,26)(H,27,28). The third kappa shape index (κ3) is 3.78. The van der Waals surface area contributed by atoms with E-state index in [-0.39, 0.29) is 22.1 Å². The average Bonchev–Trinajstić information content (AvgIpc) is 2.95. The zero-order valence-electron chi connectivity index (χ0n) is 14.8. The Morgan fingerprint density at radius 2 is 1.89 bits per heavy atom. The zero-order valence-corrected chi connectivity index (χ0v) is 16.3. The molecule has 1 amide bonds. The van der Waals surface area contributed by atoms with Crippen LogP contribution in [0.2, 0.25) is 10.0 Å². The van der Waals surface area contributed by atoms with Crippen LogP contribution >= 0.6 is 23.2 Å². The van der Waals surface area contributed by atoms with Gasteiger partial charge in [-0.25, -0.2) is 9.78 Å². The van der Waals surface area contributed by atoms with E-state index in [4.69, 9.17) is 23.2 Å². The van der Waals surface area contributed by atoms with Crippen molar-refractivity contribution in [1.82, 2.24) is 15.0 Å². The van der Waals surface area contributed by atoms with Gasteiger partial charge in [0.25, 0.3) is 5.91 Å². The second-order valence-electron chi connectivity index (χ2n) is 5.81. The number of pyridine rings is 2. The van der Waals surface area contributed by atoms with Crippen LogP contribution in [-0.4, -0.2) is 39.0 Å². The summed E-state index contributed by atoms with van der Waals surface area (Å²) in [4.78, 5) is 34.9. The molecule has 0 radical (unpaired) electrons. The van der Waals surface area contributed by atoms with Crippen LogP contribution in [-0.2, 0) is 0 Å². The highest BCUT2D eigenvalue weighted by Gasteiger charge is 2.18. The van der Waals surface area contributed by atoms with Gasteiger partial charge in [0.1, 0.15) is 17.1 Å². The van der Waals surface area contributed by atoms with E-state index < -0.39 is 11.9 Å². The van der Waals surface area contributed by atoms with Crippen LogP contribution in [0.5, 0.6) is 0 Å². The predicted octanol–water partition coefficient (Wildman–Crippen LogP) is 4.08. The molecule has 144 valence electrons. The molecule has 3 rings (SSSR count). The number of aromatic amines is 1. The molecule has 3 aromatic rings. The van der Waals surface area contributed by atoms with Gasteiger partial charge in [0.15, 0.2) is 0 Å². The lowest BCUT2D eigenvalue weighted by Crippen LogP contribution is -2.13. The number of anilines is 2. The fourth-order valence-corrected chi connectivity index (χ4v) is 2.94. The average molecular weight is 420 g/mol. The summed E-state index contributed by atoms with van der Waals surface area (Å²) in [7, 11) is 1.59. The van der Waals surface area contributed by atoms with Crippen LogP contribution in [0.4, 0.5) is 11.5 Å². The number of aromatic carboxylic acids is 1. The number of carbonyl (C=O) groups excluding carboxylic acids is 1. The van der Waals surface area contributed by atoms with E-state index >= 15 is 0 Å². The van der Waals surface area contributed by atoms with Crippen LogP contribution in [0, 0.1) is 6.92 Å². The summed E-state index contributed by atoms with van der Waals surface area (Å²) in [5.41, 5.74) is 2.26. The molecule has 0 aromatic carbocycles. The number of aromatic nitrogens is 3. The second-order valence-corrected chi connectivity index (χ2v) is 6.57. The molecule has 3 aromatic heterocycles. The van der Waals surface area contributed by atoms with Crippen molar-refractivity contribution in [3.8, 4) is 11.3 Å². The van der Waals surface area contributed by atoms with Crippen molar-refractivity contribution in [1.29, 1.82) is 0 Å². The highest BCUT2D eigenvalue weighted by molar-refractivity contribution is 6.44. The van der Waals surface area contributed by atoms with Gasteiger partial charge in [-0.05, 0) is 25.1 Å². The first-order valence-corrected chi connectivity index (χ1v) is 8.79. The minimum Gasteiger partial charge on any atom is -0.478 e. The number of nitrogens with zero attached hydrogens (tertiary/aromatic N) is 2. The van der Waals surface area contributed by atoms with Crippen LogP contribution in [0.1, 0.15) is 26.5 Å². The number of halogens is 2. The maximum absolute atomic E-state index is 12.4. The lowest BCUT2D eigenvalue weighted by atomic mass is 10.1. The maximum atomic E-state index is 12.4. The van der Waals surface area contributed by atoms with Gasteiger partial charge in [-0.2, -0.15) is 0 Å². The molecule has 0 bridgehead atoms. The van der Waals surface area contributed by atoms with Crippen LogP contribution in [0.15, 0.2) is 30.6 Å². The molecule has 10 heteroatoms. The molecular weight excluding hydrogens is 405 g/mol. The summed E-state index contributed by atoms with van der Waals surface area (Å²) >= 11 is 12.0. The predicted molar refractivity (Wildman–Crippen MR) is 107 cm³/mol. The number of amides is 1. The van der Waals surface area contributed by atoms with Crippen LogP contribution in [0.25, 0.3) is 11.3 Å². The highest BCUT2D eigenvalue weighted by Crippen LogP contribution is 2.29. The van der Waals surface area contributed by atoms with Gasteiger partial charge >= 0.3 is 5.97 Å². The molecule has 0 aliphatic rings. The molecular formula is C18H15Cl2N5O3. The molecule has 0 saturated heterocycles. The van der Waals surface area contributed by atoms with Crippen molar-refractivity contribution >= 4 is 46.6 Å². The van der Waals surface area contributed by atoms with E-state index in [0.29, 0.717) is 27.7 Å².